The summed E-state index contributed by atoms with van der Waals surface area (Å²) in [5.74, 6) is 1.49. The van der Waals surface area contributed by atoms with Crippen LogP contribution in [0.15, 0.2) is 65.6 Å². The first-order valence-corrected chi connectivity index (χ1v) is 13.1. The normalized spacial score (nSPS) is 12.7. The Labute approximate surface area is 211 Å². The predicted octanol–water partition coefficient (Wildman–Crippen LogP) is 3.50. The van der Waals surface area contributed by atoms with E-state index in [1.165, 1.54) is 10.4 Å². The van der Waals surface area contributed by atoms with Crippen molar-refractivity contribution in [3.05, 3.63) is 77.4 Å². The Balaban J connectivity index is 1.32. The van der Waals surface area contributed by atoms with Gasteiger partial charge in [-0.15, -0.1) is 0 Å². The predicted molar refractivity (Wildman–Crippen MR) is 138 cm³/mol. The van der Waals surface area contributed by atoms with Gasteiger partial charge in [-0.3, -0.25) is 9.10 Å². The third-order valence-corrected chi connectivity index (χ3v) is 7.93. The van der Waals surface area contributed by atoms with Gasteiger partial charge in [-0.1, -0.05) is 24.3 Å². The van der Waals surface area contributed by atoms with Crippen LogP contribution in [0, 0.1) is 6.92 Å². The molecule has 0 spiro atoms. The van der Waals surface area contributed by atoms with Crippen LogP contribution >= 0.6 is 0 Å². The van der Waals surface area contributed by atoms with Crippen LogP contribution in [0.25, 0.3) is 0 Å². The van der Waals surface area contributed by atoms with Gasteiger partial charge < -0.3 is 19.5 Å². The molecule has 3 aromatic carbocycles. The Kier molecular flexibility index (Phi) is 7.69. The van der Waals surface area contributed by atoms with Crippen LogP contribution in [0.4, 0.5) is 5.69 Å². The number of ether oxygens (including phenoxy) is 3. The summed E-state index contributed by atoms with van der Waals surface area (Å²) < 4.78 is 44.1. The lowest BCUT2D eigenvalue weighted by Crippen LogP contribution is -2.30. The maximum atomic E-state index is 13.2. The summed E-state index contributed by atoms with van der Waals surface area (Å²) in [5, 5.41) is 2.83. The van der Waals surface area contributed by atoms with Crippen molar-refractivity contribution >= 4 is 21.6 Å². The Morgan fingerprint density at radius 2 is 1.72 bits per heavy atom. The molecular formula is C27H30N2O6S. The fourth-order valence-electron chi connectivity index (χ4n) is 4.21. The van der Waals surface area contributed by atoms with E-state index >= 15 is 0 Å². The Morgan fingerprint density at radius 1 is 0.972 bits per heavy atom. The summed E-state index contributed by atoms with van der Waals surface area (Å²) in [5.41, 5.74) is 3.39. The smallest absolute Gasteiger partial charge is 0.264 e. The van der Waals surface area contributed by atoms with Crippen LogP contribution in [0.1, 0.15) is 16.7 Å². The molecule has 190 valence electrons. The van der Waals surface area contributed by atoms with Crippen molar-refractivity contribution in [2.24, 2.45) is 0 Å². The highest BCUT2D eigenvalue weighted by atomic mass is 32.2. The molecule has 1 heterocycles. The van der Waals surface area contributed by atoms with E-state index in [4.69, 9.17) is 14.2 Å². The number of para-hydroxylation sites is 1. The van der Waals surface area contributed by atoms with Gasteiger partial charge in [-0.05, 0) is 72.9 Å². The molecule has 0 saturated carbocycles. The van der Waals surface area contributed by atoms with Gasteiger partial charge in [0, 0.05) is 13.1 Å². The fraction of sp³-hybridized carbons (Fsp3) is 0.296. The average Bonchev–Trinajstić information content (AvgIpc) is 3.33. The first-order chi connectivity index (χ1) is 17.3. The molecule has 1 N–H and O–H groups in total. The number of nitrogens with zero attached hydrogens (tertiary/aromatic N) is 1. The molecule has 0 unspecified atom stereocenters. The Bertz CT molecular complexity index is 1360. The molecule has 0 saturated heterocycles. The molecule has 9 heteroatoms. The monoisotopic (exact) mass is 510 g/mol. The van der Waals surface area contributed by atoms with Gasteiger partial charge in [0.25, 0.3) is 15.9 Å². The molecule has 0 aliphatic carbocycles. The minimum absolute atomic E-state index is 0.168. The van der Waals surface area contributed by atoms with E-state index in [1.54, 1.807) is 33.3 Å². The van der Waals surface area contributed by atoms with Gasteiger partial charge >= 0.3 is 0 Å². The number of carbonyl (C=O) groups is 1. The zero-order chi connectivity index (χ0) is 25.7. The zero-order valence-electron chi connectivity index (χ0n) is 20.6. The topological polar surface area (TPSA) is 94.2 Å². The van der Waals surface area contributed by atoms with Crippen molar-refractivity contribution in [3.8, 4) is 17.2 Å². The number of methoxy groups -OCH3 is 2. The second-order valence-corrected chi connectivity index (χ2v) is 10.3. The number of fused-ring (bicyclic) bond motifs is 1. The van der Waals surface area contributed by atoms with Crippen LogP contribution in [0.2, 0.25) is 0 Å². The number of aryl methyl sites for hydroxylation is 1. The van der Waals surface area contributed by atoms with Crippen LogP contribution in [-0.4, -0.2) is 48.2 Å². The number of hydrogen-bond acceptors (Lipinski definition) is 6. The summed E-state index contributed by atoms with van der Waals surface area (Å²) in [4.78, 5) is 12.5. The maximum absolute atomic E-state index is 13.2. The molecule has 0 aromatic heterocycles. The standard InChI is InChI=1S/C27H30N2O6S/c1-19-16-22(36(31,32)29-15-13-21-6-4-5-7-23(21)29)9-11-24(19)35-18-27(30)28-14-12-20-8-10-25(33-2)26(17-20)34-3/h4-11,16-17H,12-15,18H2,1-3H3,(H,28,30). The fourth-order valence-corrected chi connectivity index (χ4v) is 5.79. The lowest BCUT2D eigenvalue weighted by atomic mass is 10.1. The second kappa shape index (κ2) is 10.9. The number of rotatable bonds is 10. The van der Waals surface area contributed by atoms with E-state index in [0.717, 1.165) is 16.8 Å². The van der Waals surface area contributed by atoms with Gasteiger partial charge in [0.2, 0.25) is 0 Å². The zero-order valence-corrected chi connectivity index (χ0v) is 21.4. The van der Waals surface area contributed by atoms with Crippen LogP contribution < -0.4 is 23.8 Å². The third kappa shape index (κ3) is 5.41. The number of benzene rings is 3. The first kappa shape index (κ1) is 25.4. The van der Waals surface area contributed by atoms with E-state index in [9.17, 15) is 13.2 Å². The number of amides is 1. The first-order valence-electron chi connectivity index (χ1n) is 11.6. The molecule has 0 fully saturated rings. The summed E-state index contributed by atoms with van der Waals surface area (Å²) in [6, 6.07) is 17.9. The Hall–Kier alpha value is -3.72. The van der Waals surface area contributed by atoms with Crippen molar-refractivity contribution in [1.82, 2.24) is 5.32 Å². The van der Waals surface area contributed by atoms with E-state index in [-0.39, 0.29) is 17.4 Å². The molecular weight excluding hydrogens is 480 g/mol. The van der Waals surface area contributed by atoms with Crippen molar-refractivity contribution < 1.29 is 27.4 Å². The molecule has 3 aromatic rings. The lowest BCUT2D eigenvalue weighted by molar-refractivity contribution is -0.123. The molecule has 8 nitrogen and oxygen atoms in total. The molecule has 1 aliphatic heterocycles. The van der Waals surface area contributed by atoms with E-state index < -0.39 is 10.0 Å². The summed E-state index contributed by atoms with van der Waals surface area (Å²) in [6.45, 7) is 2.45. The SMILES string of the molecule is COc1ccc(CCNC(=O)COc2ccc(S(=O)(=O)N3CCc4ccccc43)cc2C)cc1OC. The van der Waals surface area contributed by atoms with Crippen LogP contribution in [-0.2, 0) is 27.7 Å². The van der Waals surface area contributed by atoms with Crippen molar-refractivity contribution in [1.29, 1.82) is 0 Å². The van der Waals surface area contributed by atoms with Crippen molar-refractivity contribution in [3.63, 3.8) is 0 Å². The van der Waals surface area contributed by atoms with Crippen LogP contribution in [0.5, 0.6) is 17.2 Å². The maximum Gasteiger partial charge on any atom is 0.264 e. The molecule has 1 amide bonds. The lowest BCUT2D eigenvalue weighted by Gasteiger charge is -2.20. The highest BCUT2D eigenvalue weighted by molar-refractivity contribution is 7.92. The number of nitrogens with one attached hydrogen (secondary N) is 1. The van der Waals surface area contributed by atoms with Gasteiger partial charge in [-0.25, -0.2) is 8.42 Å². The van der Waals surface area contributed by atoms with Gasteiger partial charge in [-0.2, -0.15) is 0 Å². The molecule has 1 aliphatic rings. The number of anilines is 1. The average molecular weight is 511 g/mol. The third-order valence-electron chi connectivity index (χ3n) is 6.12. The van der Waals surface area contributed by atoms with E-state index in [0.29, 0.717) is 48.7 Å². The number of carbonyl (C=O) groups excluding carboxylic acids is 1. The summed E-state index contributed by atoms with van der Waals surface area (Å²) >= 11 is 0. The second-order valence-electron chi connectivity index (χ2n) is 8.46. The van der Waals surface area contributed by atoms with Crippen molar-refractivity contribution in [2.75, 3.05) is 38.2 Å². The Morgan fingerprint density at radius 3 is 2.47 bits per heavy atom. The highest BCUT2D eigenvalue weighted by Crippen LogP contribution is 2.34. The molecule has 0 atom stereocenters. The van der Waals surface area contributed by atoms with Gasteiger partial charge in [0.05, 0.1) is 24.8 Å². The quantitative estimate of drug-likeness (QED) is 0.449. The van der Waals surface area contributed by atoms with E-state index in [1.807, 2.05) is 42.5 Å². The van der Waals surface area contributed by atoms with Gasteiger partial charge in [0.15, 0.2) is 18.1 Å². The molecule has 0 bridgehead atoms. The van der Waals surface area contributed by atoms with Gasteiger partial charge in [0.1, 0.15) is 5.75 Å². The molecule has 4 rings (SSSR count). The number of sulfonamides is 1. The highest BCUT2D eigenvalue weighted by Gasteiger charge is 2.30. The van der Waals surface area contributed by atoms with Crippen molar-refractivity contribution in [2.45, 2.75) is 24.7 Å². The summed E-state index contributed by atoms with van der Waals surface area (Å²) in [6.07, 6.45) is 1.31. The minimum Gasteiger partial charge on any atom is -0.493 e. The molecule has 0 radical (unpaired) electrons. The molecule has 36 heavy (non-hydrogen) atoms. The summed E-state index contributed by atoms with van der Waals surface area (Å²) in [7, 11) is -0.527. The van der Waals surface area contributed by atoms with E-state index in [2.05, 4.69) is 5.32 Å². The van der Waals surface area contributed by atoms with Crippen LogP contribution in [0.3, 0.4) is 0 Å². The minimum atomic E-state index is -3.69. The number of hydrogen-bond donors (Lipinski definition) is 1. The largest absolute Gasteiger partial charge is 0.493 e.